The molecule has 0 fully saturated rings. The molecule has 0 saturated heterocycles. The van der Waals surface area contributed by atoms with Gasteiger partial charge >= 0.3 is 5.97 Å². The van der Waals surface area contributed by atoms with Gasteiger partial charge in [-0.05, 0) is 19.8 Å². The molecule has 1 heterocycles. The van der Waals surface area contributed by atoms with E-state index in [1.54, 1.807) is 6.92 Å². The van der Waals surface area contributed by atoms with Crippen LogP contribution in [0.1, 0.15) is 44.8 Å². The number of hydrogen-bond acceptors (Lipinski definition) is 5. The van der Waals surface area contributed by atoms with Crippen LogP contribution in [0.25, 0.3) is 0 Å². The molecule has 0 unspecified atom stereocenters. The highest BCUT2D eigenvalue weighted by molar-refractivity contribution is 5.81. The van der Waals surface area contributed by atoms with Gasteiger partial charge in [0.25, 0.3) is 0 Å². The first-order chi connectivity index (χ1) is 9.56. The van der Waals surface area contributed by atoms with Gasteiger partial charge in [0, 0.05) is 25.8 Å². The maximum atomic E-state index is 11.8. The quantitative estimate of drug-likeness (QED) is 0.733. The van der Waals surface area contributed by atoms with Crippen molar-refractivity contribution in [1.82, 2.24) is 15.0 Å². The van der Waals surface area contributed by atoms with E-state index in [0.717, 1.165) is 12.8 Å². The number of hydrogen-bond donors (Lipinski definition) is 1. The number of carbonyl (C=O) groups excluding carboxylic acids is 1. The molecule has 0 saturated carbocycles. The van der Waals surface area contributed by atoms with Crippen molar-refractivity contribution in [2.24, 2.45) is 0 Å². The average molecular weight is 283 g/mol. The minimum atomic E-state index is -0.999. The van der Waals surface area contributed by atoms with Gasteiger partial charge in [0.2, 0.25) is 11.8 Å². The molecule has 1 rings (SSSR count). The molecule has 7 nitrogen and oxygen atoms in total. The van der Waals surface area contributed by atoms with Crippen LogP contribution in [0.15, 0.2) is 4.52 Å². The third-order valence-corrected chi connectivity index (χ3v) is 2.83. The van der Waals surface area contributed by atoms with Crippen LogP contribution >= 0.6 is 0 Å². The number of carbonyl (C=O) groups is 2. The van der Waals surface area contributed by atoms with Gasteiger partial charge in [-0.15, -0.1) is 0 Å². The van der Waals surface area contributed by atoms with Gasteiger partial charge in [-0.3, -0.25) is 9.59 Å². The van der Waals surface area contributed by atoms with E-state index < -0.39 is 5.97 Å². The number of aliphatic carboxylic acids is 1. The molecule has 0 atom stereocenters. The Morgan fingerprint density at radius 3 is 2.65 bits per heavy atom. The SMILES string of the molecule is CCCc1noc(CCCC(=O)N(CC)CC(=O)O)n1. The van der Waals surface area contributed by atoms with Crippen molar-refractivity contribution in [2.75, 3.05) is 13.1 Å². The Balaban J connectivity index is 2.34. The summed E-state index contributed by atoms with van der Waals surface area (Å²) >= 11 is 0. The molecule has 20 heavy (non-hydrogen) atoms. The van der Waals surface area contributed by atoms with E-state index in [9.17, 15) is 9.59 Å². The van der Waals surface area contributed by atoms with Crippen LogP contribution in [0, 0.1) is 0 Å². The second-order valence-corrected chi connectivity index (χ2v) is 4.51. The molecule has 0 spiro atoms. The smallest absolute Gasteiger partial charge is 0.323 e. The molecule has 0 aromatic carbocycles. The number of rotatable bonds is 9. The standard InChI is InChI=1S/C13H21N3O4/c1-3-6-10-14-11(20-15-10)7-5-8-12(17)16(4-2)9-13(18)19/h3-9H2,1-2H3,(H,18,19). The zero-order valence-electron chi connectivity index (χ0n) is 12.0. The second-order valence-electron chi connectivity index (χ2n) is 4.51. The van der Waals surface area contributed by atoms with Crippen LogP contribution in [-0.2, 0) is 22.4 Å². The van der Waals surface area contributed by atoms with E-state index >= 15 is 0 Å². The van der Waals surface area contributed by atoms with Gasteiger partial charge < -0.3 is 14.5 Å². The molecule has 1 aromatic heterocycles. The van der Waals surface area contributed by atoms with Crippen LogP contribution in [0.2, 0.25) is 0 Å². The molecule has 112 valence electrons. The second kappa shape index (κ2) is 8.29. The summed E-state index contributed by atoms with van der Waals surface area (Å²) in [7, 11) is 0. The first-order valence-electron chi connectivity index (χ1n) is 6.87. The van der Waals surface area contributed by atoms with Crippen LogP contribution in [0.4, 0.5) is 0 Å². The fourth-order valence-corrected chi connectivity index (χ4v) is 1.81. The Bertz CT molecular complexity index is 445. The first kappa shape index (κ1) is 16.1. The average Bonchev–Trinajstić information content (AvgIpc) is 2.83. The Kier molecular flexibility index (Phi) is 6.69. The summed E-state index contributed by atoms with van der Waals surface area (Å²) in [5.74, 6) is 0.0573. The number of likely N-dealkylation sites (N-methyl/N-ethyl adjacent to an activating group) is 1. The summed E-state index contributed by atoms with van der Waals surface area (Å²) in [6, 6.07) is 0. The molecule has 0 bridgehead atoms. The molecular formula is C13H21N3O4. The lowest BCUT2D eigenvalue weighted by atomic mass is 10.2. The summed E-state index contributed by atoms with van der Waals surface area (Å²) in [4.78, 5) is 27.9. The summed E-state index contributed by atoms with van der Waals surface area (Å²) in [6.45, 7) is 3.94. The zero-order chi connectivity index (χ0) is 15.0. The van der Waals surface area contributed by atoms with Crippen molar-refractivity contribution in [2.45, 2.75) is 46.0 Å². The molecule has 0 radical (unpaired) electrons. The Labute approximate surface area is 118 Å². The van der Waals surface area contributed by atoms with Crippen molar-refractivity contribution in [1.29, 1.82) is 0 Å². The van der Waals surface area contributed by atoms with Crippen LogP contribution < -0.4 is 0 Å². The fourth-order valence-electron chi connectivity index (χ4n) is 1.81. The van der Waals surface area contributed by atoms with Crippen molar-refractivity contribution in [3.05, 3.63) is 11.7 Å². The third kappa shape index (κ3) is 5.38. The van der Waals surface area contributed by atoms with Crippen LogP contribution in [0.5, 0.6) is 0 Å². The first-order valence-corrected chi connectivity index (χ1v) is 6.87. The number of carboxylic acids is 1. The van der Waals surface area contributed by atoms with Gasteiger partial charge in [-0.2, -0.15) is 4.98 Å². The van der Waals surface area contributed by atoms with Crippen LogP contribution in [-0.4, -0.2) is 45.1 Å². The molecule has 1 aromatic rings. The summed E-state index contributed by atoms with van der Waals surface area (Å²) in [6.07, 6.45) is 3.13. The van der Waals surface area contributed by atoms with Gasteiger partial charge in [0.05, 0.1) is 0 Å². The minimum Gasteiger partial charge on any atom is -0.480 e. The predicted octanol–water partition coefficient (Wildman–Crippen LogP) is 1.28. The minimum absolute atomic E-state index is 0.164. The topological polar surface area (TPSA) is 96.5 Å². The van der Waals surface area contributed by atoms with E-state index in [4.69, 9.17) is 9.63 Å². The fraction of sp³-hybridized carbons (Fsp3) is 0.692. The van der Waals surface area contributed by atoms with Crippen molar-refractivity contribution >= 4 is 11.9 Å². The van der Waals surface area contributed by atoms with E-state index in [0.29, 0.717) is 31.1 Å². The molecule has 1 N–H and O–H groups in total. The monoisotopic (exact) mass is 283 g/mol. The van der Waals surface area contributed by atoms with Gasteiger partial charge in [-0.25, -0.2) is 0 Å². The highest BCUT2D eigenvalue weighted by Crippen LogP contribution is 2.06. The Hall–Kier alpha value is -1.92. The molecule has 0 aliphatic heterocycles. The predicted molar refractivity (Wildman–Crippen MR) is 71.1 cm³/mol. The molecule has 1 amide bonds. The van der Waals surface area contributed by atoms with E-state index in [1.165, 1.54) is 4.90 Å². The molecular weight excluding hydrogens is 262 g/mol. The lowest BCUT2D eigenvalue weighted by Gasteiger charge is -2.18. The number of aromatic nitrogens is 2. The highest BCUT2D eigenvalue weighted by atomic mass is 16.5. The molecule has 0 aliphatic rings. The van der Waals surface area contributed by atoms with Crippen LogP contribution in [0.3, 0.4) is 0 Å². The largest absolute Gasteiger partial charge is 0.480 e. The normalized spacial score (nSPS) is 10.5. The van der Waals surface area contributed by atoms with Gasteiger partial charge in [0.15, 0.2) is 5.82 Å². The molecule has 0 aliphatic carbocycles. The lowest BCUT2D eigenvalue weighted by Crippen LogP contribution is -2.35. The Morgan fingerprint density at radius 1 is 1.30 bits per heavy atom. The summed E-state index contributed by atoms with van der Waals surface area (Å²) in [5.41, 5.74) is 0. The number of nitrogens with zero attached hydrogens (tertiary/aromatic N) is 3. The third-order valence-electron chi connectivity index (χ3n) is 2.83. The zero-order valence-corrected chi connectivity index (χ0v) is 12.0. The summed E-state index contributed by atoms with van der Waals surface area (Å²) in [5, 5.41) is 12.5. The van der Waals surface area contributed by atoms with Gasteiger partial charge in [-0.1, -0.05) is 12.1 Å². The maximum absolute atomic E-state index is 11.8. The van der Waals surface area contributed by atoms with Gasteiger partial charge in [0.1, 0.15) is 6.54 Å². The maximum Gasteiger partial charge on any atom is 0.323 e. The molecule has 7 heteroatoms. The van der Waals surface area contributed by atoms with E-state index in [1.807, 2.05) is 6.92 Å². The van der Waals surface area contributed by atoms with E-state index in [-0.39, 0.29) is 18.9 Å². The highest BCUT2D eigenvalue weighted by Gasteiger charge is 2.15. The number of aryl methyl sites for hydroxylation is 2. The van der Waals surface area contributed by atoms with E-state index in [2.05, 4.69) is 10.1 Å². The van der Waals surface area contributed by atoms with Crippen molar-refractivity contribution < 1.29 is 19.2 Å². The number of carboxylic acid groups (broad SMARTS) is 1. The number of amides is 1. The van der Waals surface area contributed by atoms with Crippen molar-refractivity contribution in [3.8, 4) is 0 Å². The lowest BCUT2D eigenvalue weighted by molar-refractivity contribution is -0.144. The Morgan fingerprint density at radius 2 is 2.05 bits per heavy atom. The van der Waals surface area contributed by atoms with Crippen molar-refractivity contribution in [3.63, 3.8) is 0 Å². The summed E-state index contributed by atoms with van der Waals surface area (Å²) < 4.78 is 5.07.